The Labute approximate surface area is 207 Å². The van der Waals surface area contributed by atoms with E-state index in [2.05, 4.69) is 27.8 Å². The Bertz CT molecular complexity index is 1190. The summed E-state index contributed by atoms with van der Waals surface area (Å²) < 4.78 is 6.78. The Balaban J connectivity index is 1.23. The normalized spacial score (nSPS) is 25.6. The molecule has 1 aromatic heterocycles. The molecule has 0 radical (unpaired) electrons. The summed E-state index contributed by atoms with van der Waals surface area (Å²) in [4.78, 5) is 33.1. The van der Waals surface area contributed by atoms with Crippen LogP contribution >= 0.6 is 15.9 Å². The molecule has 1 amide bonds. The molecule has 1 aromatic carbocycles. The monoisotopic (exact) mass is 525 g/mol. The van der Waals surface area contributed by atoms with Gasteiger partial charge in [-0.25, -0.2) is 9.97 Å². The second kappa shape index (κ2) is 8.00. The van der Waals surface area contributed by atoms with E-state index in [4.69, 9.17) is 25.4 Å². The number of anilines is 3. The van der Waals surface area contributed by atoms with E-state index < -0.39 is 0 Å². The molecule has 2 saturated heterocycles. The first-order chi connectivity index (χ1) is 16.4. The van der Waals surface area contributed by atoms with Gasteiger partial charge in [-0.1, -0.05) is 15.9 Å². The molecular weight excluding hydrogens is 498 g/mol. The highest BCUT2D eigenvalue weighted by atomic mass is 79.9. The molecule has 0 saturated carbocycles. The number of hydrogen-bond acceptors (Lipinski definition) is 8. The van der Waals surface area contributed by atoms with Gasteiger partial charge in [0, 0.05) is 36.1 Å². The number of hydrogen-bond donors (Lipinski definition) is 1. The zero-order valence-electron chi connectivity index (χ0n) is 19.4. The van der Waals surface area contributed by atoms with Crippen molar-refractivity contribution in [2.24, 2.45) is 16.1 Å². The third-order valence-electron chi connectivity index (χ3n) is 7.86. The molecule has 6 rings (SSSR count). The number of amidine groups is 1. The first-order valence-corrected chi connectivity index (χ1v) is 12.5. The van der Waals surface area contributed by atoms with E-state index in [1.165, 1.54) is 0 Å². The van der Waals surface area contributed by atoms with Gasteiger partial charge in [-0.2, -0.15) is 0 Å². The second-order valence-corrected chi connectivity index (χ2v) is 10.6. The molecule has 2 fully saturated rings. The number of fused-ring (bicyclic) bond motifs is 2. The summed E-state index contributed by atoms with van der Waals surface area (Å²) >= 11 is 3.51. The lowest BCUT2D eigenvalue weighted by Crippen LogP contribution is -2.50. The van der Waals surface area contributed by atoms with Gasteiger partial charge >= 0.3 is 0 Å². The predicted molar refractivity (Wildman–Crippen MR) is 134 cm³/mol. The molecule has 2 aromatic rings. The highest BCUT2D eigenvalue weighted by molar-refractivity contribution is 9.10. The van der Waals surface area contributed by atoms with Crippen LogP contribution in [0.3, 0.4) is 0 Å². The topological polar surface area (TPSA) is 100 Å². The van der Waals surface area contributed by atoms with Crippen LogP contribution in [-0.2, 0) is 16.1 Å². The van der Waals surface area contributed by atoms with E-state index in [1.807, 2.05) is 29.3 Å². The van der Waals surface area contributed by atoms with Crippen LogP contribution in [0.2, 0.25) is 0 Å². The number of nitrogens with zero attached hydrogens (tertiary/aromatic N) is 6. The highest BCUT2D eigenvalue weighted by Gasteiger charge is 2.47. The summed E-state index contributed by atoms with van der Waals surface area (Å²) in [6.07, 6.45) is 3.95. The van der Waals surface area contributed by atoms with Crippen LogP contribution in [0.5, 0.6) is 0 Å². The summed E-state index contributed by atoms with van der Waals surface area (Å²) in [6.45, 7) is 5.28. The lowest BCUT2D eigenvalue weighted by molar-refractivity contribution is -0.117. The average molecular weight is 526 g/mol. The average Bonchev–Trinajstić information content (AvgIpc) is 3.38. The van der Waals surface area contributed by atoms with Crippen LogP contribution in [-0.4, -0.2) is 67.1 Å². The summed E-state index contributed by atoms with van der Waals surface area (Å²) in [7, 11) is 1.80. The lowest BCUT2D eigenvalue weighted by atomic mass is 9.73. The molecule has 2 N–H and O–H groups in total. The van der Waals surface area contributed by atoms with E-state index in [0.717, 1.165) is 65.6 Å². The van der Waals surface area contributed by atoms with Crippen molar-refractivity contribution < 1.29 is 9.53 Å². The van der Waals surface area contributed by atoms with Gasteiger partial charge in [0.2, 0.25) is 5.91 Å². The molecule has 34 heavy (non-hydrogen) atoms. The Morgan fingerprint density at radius 1 is 1.24 bits per heavy atom. The quantitative estimate of drug-likeness (QED) is 0.609. The van der Waals surface area contributed by atoms with Crippen molar-refractivity contribution in [3.8, 4) is 0 Å². The van der Waals surface area contributed by atoms with Gasteiger partial charge in [0.1, 0.15) is 18.1 Å². The minimum Gasteiger partial charge on any atom is -0.376 e. The van der Waals surface area contributed by atoms with Gasteiger partial charge in [0.15, 0.2) is 5.84 Å². The Morgan fingerprint density at radius 3 is 2.76 bits per heavy atom. The minimum atomic E-state index is 0.0111. The molecule has 2 atom stereocenters. The number of ether oxygens (including phenoxy) is 1. The maximum absolute atomic E-state index is 12.7. The number of piperidine rings is 1. The third kappa shape index (κ3) is 3.34. The van der Waals surface area contributed by atoms with Crippen molar-refractivity contribution in [1.29, 1.82) is 0 Å². The first kappa shape index (κ1) is 21.9. The van der Waals surface area contributed by atoms with Crippen LogP contribution in [0.25, 0.3) is 0 Å². The van der Waals surface area contributed by atoms with Gasteiger partial charge in [-0.3, -0.25) is 9.79 Å². The molecule has 0 unspecified atom stereocenters. The lowest BCUT2D eigenvalue weighted by Gasteiger charge is -2.41. The number of amides is 1. The molecule has 10 heteroatoms. The minimum absolute atomic E-state index is 0.0111. The smallest absolute Gasteiger partial charge is 0.246 e. The standard InChI is InChI=1S/C24H28BrN7O2/c1-14-22(26)24(13-34-14)5-7-31(8-6-24)19-11-27-21-16(29-19)10-28-23(21)32-12-20(33)30(2)18-9-15(25)3-4-17(18)32/h3-4,9,11,14,22H,5-8,10,12-13,26H2,1-2H3/t14-,22+/m0/s1. The molecular formula is C24H28BrN7O2. The maximum Gasteiger partial charge on any atom is 0.246 e. The zero-order valence-corrected chi connectivity index (χ0v) is 21.0. The number of halogens is 1. The van der Waals surface area contributed by atoms with Crippen LogP contribution in [0.4, 0.5) is 17.2 Å². The Kier molecular flexibility index (Phi) is 5.16. The number of rotatable bonds is 1. The van der Waals surface area contributed by atoms with Crippen molar-refractivity contribution in [2.75, 3.05) is 48.0 Å². The summed E-state index contributed by atoms with van der Waals surface area (Å²) in [6, 6.07) is 6.03. The van der Waals surface area contributed by atoms with Crippen molar-refractivity contribution in [2.45, 2.75) is 38.5 Å². The zero-order chi connectivity index (χ0) is 23.6. The van der Waals surface area contributed by atoms with Crippen molar-refractivity contribution in [3.63, 3.8) is 0 Å². The fourth-order valence-corrected chi connectivity index (χ4v) is 5.95. The van der Waals surface area contributed by atoms with E-state index in [1.54, 1.807) is 11.9 Å². The van der Waals surface area contributed by atoms with E-state index in [0.29, 0.717) is 12.4 Å². The molecule has 4 aliphatic heterocycles. The van der Waals surface area contributed by atoms with Gasteiger partial charge in [0.05, 0.1) is 42.5 Å². The fraction of sp³-hybridized carbons (Fsp3) is 0.500. The van der Waals surface area contributed by atoms with Crippen LogP contribution < -0.4 is 20.4 Å². The van der Waals surface area contributed by atoms with Crippen LogP contribution in [0, 0.1) is 5.41 Å². The number of likely N-dealkylation sites (N-methyl/N-ethyl adjacent to an activating group) is 1. The van der Waals surface area contributed by atoms with Crippen molar-refractivity contribution >= 4 is 44.9 Å². The maximum atomic E-state index is 12.7. The van der Waals surface area contributed by atoms with Gasteiger partial charge in [-0.15, -0.1) is 0 Å². The van der Waals surface area contributed by atoms with Gasteiger partial charge < -0.3 is 25.2 Å². The highest BCUT2D eigenvalue weighted by Crippen LogP contribution is 2.42. The van der Waals surface area contributed by atoms with E-state index >= 15 is 0 Å². The number of aromatic nitrogens is 2. The van der Waals surface area contributed by atoms with E-state index in [-0.39, 0.29) is 30.0 Å². The molecule has 4 aliphatic rings. The molecule has 5 heterocycles. The Hall–Kier alpha value is -2.56. The number of carbonyl (C=O) groups is 1. The van der Waals surface area contributed by atoms with Crippen LogP contribution in [0.15, 0.2) is 33.9 Å². The summed E-state index contributed by atoms with van der Waals surface area (Å²) in [5, 5.41) is 0. The number of nitrogens with two attached hydrogens (primary N) is 1. The van der Waals surface area contributed by atoms with Gasteiger partial charge in [0.25, 0.3) is 0 Å². The predicted octanol–water partition coefficient (Wildman–Crippen LogP) is 2.31. The molecule has 178 valence electrons. The largest absolute Gasteiger partial charge is 0.376 e. The second-order valence-electron chi connectivity index (χ2n) is 9.73. The fourth-order valence-electron chi connectivity index (χ4n) is 5.60. The molecule has 9 nitrogen and oxygen atoms in total. The number of benzene rings is 1. The van der Waals surface area contributed by atoms with E-state index in [9.17, 15) is 4.79 Å². The molecule has 1 spiro atoms. The molecule has 0 bridgehead atoms. The Morgan fingerprint density at radius 2 is 2.03 bits per heavy atom. The van der Waals surface area contributed by atoms with Crippen LogP contribution in [0.1, 0.15) is 31.2 Å². The van der Waals surface area contributed by atoms with Crippen molar-refractivity contribution in [1.82, 2.24) is 9.97 Å². The molecule has 0 aliphatic carbocycles. The first-order valence-electron chi connectivity index (χ1n) is 11.7. The number of carbonyl (C=O) groups excluding carboxylic acids is 1. The van der Waals surface area contributed by atoms with Crippen molar-refractivity contribution in [3.05, 3.63) is 40.3 Å². The SMILES string of the molecule is C[C@@H]1OCC2(CCN(c3cnc4c(n3)CN=C4N3CC(=O)N(C)c4cc(Br)ccc43)CC2)[C@@H]1N. The summed E-state index contributed by atoms with van der Waals surface area (Å²) in [5.41, 5.74) is 9.94. The number of aliphatic imine (C=N–C) groups is 1. The summed E-state index contributed by atoms with van der Waals surface area (Å²) in [5.74, 6) is 1.60. The third-order valence-corrected chi connectivity index (χ3v) is 8.36. The van der Waals surface area contributed by atoms with Gasteiger partial charge in [-0.05, 0) is 38.0 Å².